The van der Waals surface area contributed by atoms with E-state index in [1.165, 1.54) is 6.07 Å². The molecule has 132 valence electrons. The van der Waals surface area contributed by atoms with E-state index in [1.54, 1.807) is 17.0 Å². The third-order valence-electron chi connectivity index (χ3n) is 3.97. The number of carbonyl (C=O) groups is 1. The summed E-state index contributed by atoms with van der Waals surface area (Å²) < 4.78 is 32.0. The third-order valence-corrected chi connectivity index (χ3v) is 3.97. The fraction of sp³-hybridized carbons (Fsp3) is 0.353. The first-order valence-electron chi connectivity index (χ1n) is 7.86. The van der Waals surface area contributed by atoms with Gasteiger partial charge in [0.1, 0.15) is 6.10 Å². The summed E-state index contributed by atoms with van der Waals surface area (Å²) in [5.74, 6) is -1.25. The summed E-state index contributed by atoms with van der Waals surface area (Å²) in [6.45, 7) is 0.834. The number of amides is 1. The molecule has 0 spiro atoms. The highest BCUT2D eigenvalue weighted by Crippen LogP contribution is 2.20. The van der Waals surface area contributed by atoms with Gasteiger partial charge in [-0.25, -0.2) is 8.78 Å². The van der Waals surface area contributed by atoms with Gasteiger partial charge in [-0.15, -0.1) is 10.2 Å². The van der Waals surface area contributed by atoms with Gasteiger partial charge in [0.05, 0.1) is 6.54 Å². The predicted molar refractivity (Wildman–Crippen MR) is 87.7 cm³/mol. The van der Waals surface area contributed by atoms with Gasteiger partial charge in [-0.3, -0.25) is 4.79 Å². The molecule has 0 N–H and O–H groups in total. The van der Waals surface area contributed by atoms with E-state index < -0.39 is 11.6 Å². The molecular weight excluding hydrogens is 330 g/mol. The lowest BCUT2D eigenvalue weighted by Gasteiger charge is -2.17. The Morgan fingerprint density at radius 1 is 1.20 bits per heavy atom. The summed E-state index contributed by atoms with van der Waals surface area (Å²) in [5, 5.41) is 8.04. The molecule has 0 radical (unpaired) electrons. The van der Waals surface area contributed by atoms with Crippen molar-refractivity contribution in [2.24, 2.45) is 0 Å². The number of benzene rings is 1. The number of nitrogens with zero attached hydrogens (tertiary/aromatic N) is 4. The standard InChI is InChI=1S/C17H18F2N4O2/c1-22(2)15-5-6-16(21-20-15)25-12-7-8-23(10-12)17(24)11-3-4-13(18)14(19)9-11/h3-6,9,12H,7-8,10H2,1-2H3/t12-/m1/s1. The quantitative estimate of drug-likeness (QED) is 0.847. The van der Waals surface area contributed by atoms with Crippen LogP contribution in [0, 0.1) is 11.6 Å². The van der Waals surface area contributed by atoms with Crippen LogP contribution in [-0.2, 0) is 0 Å². The van der Waals surface area contributed by atoms with Crippen LogP contribution in [0.3, 0.4) is 0 Å². The van der Waals surface area contributed by atoms with Crippen molar-refractivity contribution in [2.75, 3.05) is 32.1 Å². The lowest BCUT2D eigenvalue weighted by atomic mass is 10.2. The molecule has 3 rings (SSSR count). The molecule has 6 nitrogen and oxygen atoms in total. The average Bonchev–Trinajstić information content (AvgIpc) is 3.05. The van der Waals surface area contributed by atoms with Crippen molar-refractivity contribution < 1.29 is 18.3 Å². The Morgan fingerprint density at radius 2 is 2.00 bits per heavy atom. The zero-order valence-electron chi connectivity index (χ0n) is 13.9. The lowest BCUT2D eigenvalue weighted by Crippen LogP contribution is -2.31. The largest absolute Gasteiger partial charge is 0.471 e. The smallest absolute Gasteiger partial charge is 0.254 e. The van der Waals surface area contributed by atoms with Gasteiger partial charge >= 0.3 is 0 Å². The van der Waals surface area contributed by atoms with E-state index >= 15 is 0 Å². The number of hydrogen-bond acceptors (Lipinski definition) is 5. The number of ether oxygens (including phenoxy) is 1. The molecule has 2 heterocycles. The van der Waals surface area contributed by atoms with Gasteiger partial charge in [0, 0.05) is 38.7 Å². The molecule has 1 aliphatic rings. The number of likely N-dealkylation sites (tertiary alicyclic amines) is 1. The molecule has 8 heteroatoms. The van der Waals surface area contributed by atoms with Crippen molar-refractivity contribution in [1.82, 2.24) is 15.1 Å². The fourth-order valence-electron chi connectivity index (χ4n) is 2.61. The monoisotopic (exact) mass is 348 g/mol. The van der Waals surface area contributed by atoms with E-state index in [2.05, 4.69) is 10.2 Å². The molecule has 1 saturated heterocycles. The minimum Gasteiger partial charge on any atom is -0.471 e. The van der Waals surface area contributed by atoms with Crippen LogP contribution in [0.2, 0.25) is 0 Å². The highest BCUT2D eigenvalue weighted by molar-refractivity contribution is 5.94. The van der Waals surface area contributed by atoms with Gasteiger partial charge in [0.15, 0.2) is 17.5 Å². The highest BCUT2D eigenvalue weighted by atomic mass is 19.2. The van der Waals surface area contributed by atoms with Gasteiger partial charge in [-0.1, -0.05) is 0 Å². The Bertz CT molecular complexity index is 768. The summed E-state index contributed by atoms with van der Waals surface area (Å²) in [6.07, 6.45) is 0.417. The first kappa shape index (κ1) is 17.1. The van der Waals surface area contributed by atoms with Crippen LogP contribution >= 0.6 is 0 Å². The number of hydrogen-bond donors (Lipinski definition) is 0. The Hall–Kier alpha value is -2.77. The topological polar surface area (TPSA) is 58.6 Å². The molecule has 0 saturated carbocycles. The number of halogens is 2. The van der Waals surface area contributed by atoms with Crippen LogP contribution in [0.4, 0.5) is 14.6 Å². The second-order valence-corrected chi connectivity index (χ2v) is 6.03. The zero-order chi connectivity index (χ0) is 18.0. The van der Waals surface area contributed by atoms with Crippen LogP contribution in [0.25, 0.3) is 0 Å². The molecule has 2 aromatic rings. The van der Waals surface area contributed by atoms with Crippen LogP contribution < -0.4 is 9.64 Å². The molecule has 0 unspecified atom stereocenters. The molecular formula is C17H18F2N4O2. The Kier molecular flexibility index (Phi) is 4.78. The normalized spacial score (nSPS) is 16.8. The minimum absolute atomic E-state index is 0.120. The molecule has 1 aromatic carbocycles. The van der Waals surface area contributed by atoms with E-state index in [1.807, 2.05) is 19.0 Å². The van der Waals surface area contributed by atoms with Crippen molar-refractivity contribution in [2.45, 2.75) is 12.5 Å². The van der Waals surface area contributed by atoms with Crippen molar-refractivity contribution in [3.05, 3.63) is 47.5 Å². The highest BCUT2D eigenvalue weighted by Gasteiger charge is 2.29. The van der Waals surface area contributed by atoms with Crippen molar-refractivity contribution in [3.8, 4) is 5.88 Å². The number of carbonyl (C=O) groups excluding carboxylic acids is 1. The average molecular weight is 348 g/mol. The summed E-state index contributed by atoms with van der Waals surface area (Å²) in [4.78, 5) is 15.8. The Balaban J connectivity index is 1.61. The second-order valence-electron chi connectivity index (χ2n) is 6.03. The van der Waals surface area contributed by atoms with Gasteiger partial charge in [0.25, 0.3) is 5.91 Å². The number of rotatable bonds is 4. The maximum Gasteiger partial charge on any atom is 0.254 e. The van der Waals surface area contributed by atoms with Crippen molar-refractivity contribution in [3.63, 3.8) is 0 Å². The Labute approximate surface area is 144 Å². The van der Waals surface area contributed by atoms with Crippen molar-refractivity contribution in [1.29, 1.82) is 0 Å². The molecule has 1 aromatic heterocycles. The molecule has 0 aliphatic carbocycles. The molecule has 1 amide bonds. The SMILES string of the molecule is CN(C)c1ccc(O[C@@H]2CCN(C(=O)c3ccc(F)c(F)c3)C2)nn1. The summed E-state index contributed by atoms with van der Waals surface area (Å²) in [5.41, 5.74) is 0.120. The Morgan fingerprint density at radius 3 is 2.64 bits per heavy atom. The second kappa shape index (κ2) is 7.00. The minimum atomic E-state index is -1.03. The molecule has 1 fully saturated rings. The van der Waals surface area contributed by atoms with Crippen LogP contribution in [0.15, 0.2) is 30.3 Å². The van der Waals surface area contributed by atoms with Gasteiger partial charge in [-0.05, 0) is 24.3 Å². The van der Waals surface area contributed by atoms with E-state index in [9.17, 15) is 13.6 Å². The summed E-state index contributed by atoms with van der Waals surface area (Å²) >= 11 is 0. The van der Waals surface area contributed by atoms with Crippen molar-refractivity contribution >= 4 is 11.7 Å². The van der Waals surface area contributed by atoms with Gasteiger partial charge in [0.2, 0.25) is 5.88 Å². The van der Waals surface area contributed by atoms with Crippen LogP contribution in [-0.4, -0.2) is 54.3 Å². The fourth-order valence-corrected chi connectivity index (χ4v) is 2.61. The number of anilines is 1. The van der Waals surface area contributed by atoms with Gasteiger partial charge in [-0.2, -0.15) is 0 Å². The number of aromatic nitrogens is 2. The predicted octanol–water partition coefficient (Wildman–Crippen LogP) is 2.11. The lowest BCUT2D eigenvalue weighted by molar-refractivity contribution is 0.0770. The van der Waals surface area contributed by atoms with E-state index in [-0.39, 0.29) is 17.6 Å². The van der Waals surface area contributed by atoms with E-state index in [4.69, 9.17) is 4.74 Å². The molecule has 1 aliphatic heterocycles. The first-order valence-corrected chi connectivity index (χ1v) is 7.86. The first-order chi connectivity index (χ1) is 11.9. The summed E-state index contributed by atoms with van der Waals surface area (Å²) in [7, 11) is 3.73. The van der Waals surface area contributed by atoms with E-state index in [0.717, 1.165) is 12.1 Å². The maximum absolute atomic E-state index is 13.3. The van der Waals surface area contributed by atoms with Gasteiger partial charge < -0.3 is 14.5 Å². The molecule has 0 bridgehead atoms. The third kappa shape index (κ3) is 3.84. The zero-order valence-corrected chi connectivity index (χ0v) is 13.9. The van der Waals surface area contributed by atoms with E-state index in [0.29, 0.717) is 31.2 Å². The summed E-state index contributed by atoms with van der Waals surface area (Å²) in [6, 6.07) is 6.66. The maximum atomic E-state index is 13.3. The van der Waals surface area contributed by atoms with Crippen LogP contribution in [0.1, 0.15) is 16.8 Å². The molecule has 25 heavy (non-hydrogen) atoms. The molecule has 1 atom stereocenters. The van der Waals surface area contributed by atoms with Crippen LogP contribution in [0.5, 0.6) is 5.88 Å².